The van der Waals surface area contributed by atoms with Gasteiger partial charge >= 0.3 is 0 Å². The minimum absolute atomic E-state index is 0.133. The number of rotatable bonds is 4. The molecule has 0 unspecified atom stereocenters. The van der Waals surface area contributed by atoms with E-state index in [-0.39, 0.29) is 5.91 Å². The topological polar surface area (TPSA) is 71.2 Å². The van der Waals surface area contributed by atoms with E-state index in [2.05, 4.69) is 9.97 Å². The minimum atomic E-state index is -0.892. The van der Waals surface area contributed by atoms with E-state index in [0.29, 0.717) is 38.9 Å². The molecule has 1 N–H and O–H groups in total. The van der Waals surface area contributed by atoms with Crippen LogP contribution in [0.1, 0.15) is 36.3 Å². The van der Waals surface area contributed by atoms with Gasteiger partial charge in [0.15, 0.2) is 0 Å². The molecule has 4 rings (SSSR count). The van der Waals surface area contributed by atoms with Gasteiger partial charge in [0.05, 0.1) is 11.1 Å². The number of amides is 1. The molecule has 2 aromatic heterocycles. The number of hydrogen-bond acceptors (Lipinski definition) is 4. The summed E-state index contributed by atoms with van der Waals surface area (Å²) in [6.07, 6.45) is 5.20. The summed E-state index contributed by atoms with van der Waals surface area (Å²) in [6, 6.07) is 10.00. The van der Waals surface area contributed by atoms with Crippen LogP contribution in [-0.4, -0.2) is 43.5 Å². The molecular weight excluding hydrogens is 352 g/mol. The van der Waals surface area contributed by atoms with E-state index in [1.807, 2.05) is 59.8 Å². The van der Waals surface area contributed by atoms with Crippen molar-refractivity contribution in [1.82, 2.24) is 19.4 Å². The van der Waals surface area contributed by atoms with Gasteiger partial charge < -0.3 is 14.6 Å². The maximum absolute atomic E-state index is 12.6. The van der Waals surface area contributed by atoms with Crippen LogP contribution in [0.5, 0.6) is 0 Å². The third kappa shape index (κ3) is 3.64. The zero-order valence-electron chi connectivity index (χ0n) is 16.4. The van der Waals surface area contributed by atoms with Crippen LogP contribution in [0.4, 0.5) is 0 Å². The Bertz CT molecular complexity index is 1000. The highest BCUT2D eigenvalue weighted by atomic mass is 16.3. The second-order valence-corrected chi connectivity index (χ2v) is 7.69. The average molecular weight is 378 g/mol. The van der Waals surface area contributed by atoms with Crippen LogP contribution >= 0.6 is 0 Å². The Labute approximate surface area is 164 Å². The molecule has 28 heavy (non-hydrogen) atoms. The Morgan fingerprint density at radius 3 is 2.68 bits per heavy atom. The standard InChI is InChI=1S/C22H26N4O2/c1-16-3-4-18-15-19(5-6-20(18)24-16)22(28)8-12-26(13-9-22)21(27)7-11-25-14-10-23-17(25)2/h3-6,10,14-15,28H,7-9,11-13H2,1-2H3. The van der Waals surface area contributed by atoms with E-state index in [1.165, 1.54) is 0 Å². The number of imidazole rings is 1. The first-order valence-corrected chi connectivity index (χ1v) is 9.80. The number of fused-ring (bicyclic) bond motifs is 1. The summed E-state index contributed by atoms with van der Waals surface area (Å²) < 4.78 is 1.99. The van der Waals surface area contributed by atoms with E-state index >= 15 is 0 Å². The highest BCUT2D eigenvalue weighted by Crippen LogP contribution is 2.34. The van der Waals surface area contributed by atoms with Crippen molar-refractivity contribution in [2.24, 2.45) is 0 Å². The highest BCUT2D eigenvalue weighted by molar-refractivity contribution is 5.80. The molecule has 3 aromatic rings. The number of piperidine rings is 1. The molecular formula is C22H26N4O2. The molecule has 3 heterocycles. The Morgan fingerprint density at radius 2 is 1.96 bits per heavy atom. The number of likely N-dealkylation sites (tertiary alicyclic amines) is 1. The zero-order valence-corrected chi connectivity index (χ0v) is 16.4. The van der Waals surface area contributed by atoms with Gasteiger partial charge in [0.25, 0.3) is 0 Å². The molecule has 1 saturated heterocycles. The lowest BCUT2D eigenvalue weighted by Crippen LogP contribution is -2.45. The molecule has 1 aliphatic rings. The number of pyridine rings is 1. The van der Waals surface area contributed by atoms with Crippen molar-refractivity contribution in [1.29, 1.82) is 0 Å². The van der Waals surface area contributed by atoms with Crippen LogP contribution in [0.2, 0.25) is 0 Å². The summed E-state index contributed by atoms with van der Waals surface area (Å²) >= 11 is 0. The quantitative estimate of drug-likeness (QED) is 0.758. The summed E-state index contributed by atoms with van der Waals surface area (Å²) in [7, 11) is 0. The van der Waals surface area contributed by atoms with Crippen molar-refractivity contribution >= 4 is 16.8 Å². The second kappa shape index (κ2) is 7.36. The molecule has 0 aliphatic carbocycles. The van der Waals surface area contributed by atoms with Crippen molar-refractivity contribution in [2.75, 3.05) is 13.1 Å². The van der Waals surface area contributed by atoms with Gasteiger partial charge in [-0.05, 0) is 50.5 Å². The van der Waals surface area contributed by atoms with Gasteiger partial charge in [0.2, 0.25) is 5.91 Å². The maximum atomic E-state index is 12.6. The average Bonchev–Trinajstić information content (AvgIpc) is 3.11. The van der Waals surface area contributed by atoms with Gasteiger partial charge in [-0.15, -0.1) is 0 Å². The van der Waals surface area contributed by atoms with Crippen LogP contribution in [0.25, 0.3) is 10.9 Å². The predicted octanol–water partition coefficient (Wildman–Crippen LogP) is 2.95. The van der Waals surface area contributed by atoms with Gasteiger partial charge in [0, 0.05) is 49.5 Å². The Hall–Kier alpha value is -2.73. The van der Waals surface area contributed by atoms with Crippen LogP contribution in [0.15, 0.2) is 42.7 Å². The van der Waals surface area contributed by atoms with Gasteiger partial charge in [0.1, 0.15) is 5.82 Å². The Kier molecular flexibility index (Phi) is 4.89. The van der Waals surface area contributed by atoms with E-state index < -0.39 is 5.60 Å². The Morgan fingerprint density at radius 1 is 1.18 bits per heavy atom. The van der Waals surface area contributed by atoms with Gasteiger partial charge in [-0.3, -0.25) is 9.78 Å². The van der Waals surface area contributed by atoms with Crippen molar-refractivity contribution < 1.29 is 9.90 Å². The fourth-order valence-corrected chi connectivity index (χ4v) is 3.95. The lowest BCUT2D eigenvalue weighted by atomic mass is 9.84. The largest absolute Gasteiger partial charge is 0.385 e. The molecule has 1 aromatic carbocycles. The van der Waals surface area contributed by atoms with E-state index in [0.717, 1.165) is 28.0 Å². The van der Waals surface area contributed by atoms with Crippen LogP contribution in [-0.2, 0) is 16.9 Å². The van der Waals surface area contributed by atoms with Gasteiger partial charge in [-0.2, -0.15) is 0 Å². The van der Waals surface area contributed by atoms with Crippen molar-refractivity contribution in [2.45, 2.75) is 45.3 Å². The number of aliphatic hydroxyl groups is 1. The number of carbonyl (C=O) groups excluding carboxylic acids is 1. The van der Waals surface area contributed by atoms with Gasteiger partial charge in [-0.25, -0.2) is 4.98 Å². The lowest BCUT2D eigenvalue weighted by molar-refractivity contribution is -0.136. The number of benzene rings is 1. The highest BCUT2D eigenvalue weighted by Gasteiger charge is 2.35. The lowest BCUT2D eigenvalue weighted by Gasteiger charge is -2.38. The van der Waals surface area contributed by atoms with E-state index in [1.54, 1.807) is 6.20 Å². The van der Waals surface area contributed by atoms with Crippen molar-refractivity contribution in [3.63, 3.8) is 0 Å². The normalized spacial score (nSPS) is 16.5. The monoisotopic (exact) mass is 378 g/mol. The second-order valence-electron chi connectivity index (χ2n) is 7.69. The van der Waals surface area contributed by atoms with Crippen LogP contribution in [0.3, 0.4) is 0 Å². The first-order chi connectivity index (χ1) is 13.4. The minimum Gasteiger partial charge on any atom is -0.385 e. The summed E-state index contributed by atoms with van der Waals surface area (Å²) in [5, 5.41) is 12.2. The van der Waals surface area contributed by atoms with Crippen LogP contribution in [0, 0.1) is 13.8 Å². The maximum Gasteiger partial charge on any atom is 0.224 e. The molecule has 1 fully saturated rings. The number of aryl methyl sites for hydroxylation is 3. The zero-order chi connectivity index (χ0) is 19.7. The summed E-state index contributed by atoms with van der Waals surface area (Å²) in [5.41, 5.74) is 1.94. The fourth-order valence-electron chi connectivity index (χ4n) is 3.95. The predicted molar refractivity (Wildman–Crippen MR) is 108 cm³/mol. The molecule has 0 radical (unpaired) electrons. The van der Waals surface area contributed by atoms with Crippen molar-refractivity contribution in [3.05, 3.63) is 59.8 Å². The fraction of sp³-hybridized carbons (Fsp3) is 0.409. The molecule has 0 spiro atoms. The molecule has 146 valence electrons. The molecule has 1 amide bonds. The first kappa shape index (κ1) is 18.6. The molecule has 0 atom stereocenters. The number of nitrogens with zero attached hydrogens (tertiary/aromatic N) is 4. The Balaban J connectivity index is 1.40. The summed E-state index contributed by atoms with van der Waals surface area (Å²) in [6.45, 7) is 5.70. The first-order valence-electron chi connectivity index (χ1n) is 9.80. The van der Waals surface area contributed by atoms with Gasteiger partial charge in [-0.1, -0.05) is 12.1 Å². The third-order valence-electron chi connectivity index (χ3n) is 5.80. The van der Waals surface area contributed by atoms with E-state index in [9.17, 15) is 9.90 Å². The molecule has 6 nitrogen and oxygen atoms in total. The summed E-state index contributed by atoms with van der Waals surface area (Å²) in [5.74, 6) is 1.05. The number of carbonyl (C=O) groups is 1. The summed E-state index contributed by atoms with van der Waals surface area (Å²) in [4.78, 5) is 23.1. The smallest absolute Gasteiger partial charge is 0.224 e. The molecule has 6 heteroatoms. The SMILES string of the molecule is Cc1ccc2cc(C3(O)CCN(C(=O)CCn4ccnc4C)CC3)ccc2n1. The number of hydrogen-bond donors (Lipinski definition) is 1. The molecule has 0 saturated carbocycles. The van der Waals surface area contributed by atoms with E-state index in [4.69, 9.17) is 0 Å². The third-order valence-corrected chi connectivity index (χ3v) is 5.80. The molecule has 0 bridgehead atoms. The number of aromatic nitrogens is 3. The van der Waals surface area contributed by atoms with Crippen molar-refractivity contribution in [3.8, 4) is 0 Å². The van der Waals surface area contributed by atoms with Crippen LogP contribution < -0.4 is 0 Å². The molecule has 1 aliphatic heterocycles.